The Balaban J connectivity index is 2.11. The van der Waals surface area contributed by atoms with Gasteiger partial charge in [0.2, 0.25) is 0 Å². The molecule has 4 heteroatoms. The summed E-state index contributed by atoms with van der Waals surface area (Å²) in [7, 11) is 2.24. The van der Waals surface area contributed by atoms with Gasteiger partial charge in [-0.2, -0.15) is 0 Å². The van der Waals surface area contributed by atoms with E-state index in [1.807, 2.05) is 5.51 Å². The van der Waals surface area contributed by atoms with Crippen LogP contribution in [-0.2, 0) is 6.54 Å². The van der Waals surface area contributed by atoms with Crippen molar-refractivity contribution in [1.82, 2.24) is 9.88 Å². The maximum Gasteiger partial charge on any atom is 0.0798 e. The van der Waals surface area contributed by atoms with Crippen LogP contribution in [0.4, 0.5) is 0 Å². The Labute approximate surface area is 127 Å². The molecule has 1 fully saturated rings. The molecule has 0 saturated heterocycles. The molecule has 1 aliphatic carbocycles. The summed E-state index contributed by atoms with van der Waals surface area (Å²) in [5, 5.41) is 0. The van der Waals surface area contributed by atoms with Crippen LogP contribution in [0.5, 0.6) is 0 Å². The van der Waals surface area contributed by atoms with Crippen LogP contribution in [0.25, 0.3) is 0 Å². The summed E-state index contributed by atoms with van der Waals surface area (Å²) in [6.45, 7) is 8.64. The molecule has 0 aromatic carbocycles. The van der Waals surface area contributed by atoms with E-state index in [1.165, 1.54) is 42.7 Å². The summed E-state index contributed by atoms with van der Waals surface area (Å²) in [4.78, 5) is 8.24. The van der Waals surface area contributed by atoms with Gasteiger partial charge in [-0.1, -0.05) is 20.3 Å². The maximum atomic E-state index is 6.21. The van der Waals surface area contributed by atoms with Gasteiger partial charge in [-0.3, -0.25) is 4.90 Å². The molecule has 1 unspecified atom stereocenters. The number of aryl methyl sites for hydroxylation is 1. The number of aromatic nitrogens is 1. The molecule has 0 spiro atoms. The molecule has 3 nitrogen and oxygen atoms in total. The Bertz CT molecular complexity index is 441. The average molecular weight is 295 g/mol. The highest BCUT2D eigenvalue weighted by atomic mass is 32.1. The van der Waals surface area contributed by atoms with E-state index >= 15 is 0 Å². The van der Waals surface area contributed by atoms with Gasteiger partial charge in [-0.15, -0.1) is 11.3 Å². The highest BCUT2D eigenvalue weighted by molar-refractivity contribution is 7.09. The van der Waals surface area contributed by atoms with Crippen molar-refractivity contribution < 1.29 is 0 Å². The van der Waals surface area contributed by atoms with E-state index in [2.05, 4.69) is 37.7 Å². The number of likely N-dealkylation sites (N-methyl/N-ethyl adjacent to an activating group) is 1. The number of thiazole rings is 1. The molecule has 1 heterocycles. The van der Waals surface area contributed by atoms with Gasteiger partial charge < -0.3 is 5.73 Å². The molecule has 1 aromatic heterocycles. The zero-order chi connectivity index (χ0) is 14.8. The second-order valence-electron chi connectivity index (χ2n) is 7.16. The first-order chi connectivity index (χ1) is 9.38. The summed E-state index contributed by atoms with van der Waals surface area (Å²) in [6, 6.07) is 0. The monoisotopic (exact) mass is 295 g/mol. The number of nitrogens with zero attached hydrogens (tertiary/aromatic N) is 2. The lowest BCUT2D eigenvalue weighted by Gasteiger charge is -2.41. The van der Waals surface area contributed by atoms with E-state index in [-0.39, 0.29) is 5.54 Å². The van der Waals surface area contributed by atoms with Gasteiger partial charge in [0.25, 0.3) is 0 Å². The average Bonchev–Trinajstić information content (AvgIpc) is 2.71. The van der Waals surface area contributed by atoms with E-state index in [9.17, 15) is 0 Å². The number of hydrogen-bond acceptors (Lipinski definition) is 4. The second kappa shape index (κ2) is 6.12. The van der Waals surface area contributed by atoms with E-state index < -0.39 is 0 Å². The fraction of sp³-hybridized carbons (Fsp3) is 0.812. The van der Waals surface area contributed by atoms with E-state index in [1.54, 1.807) is 11.3 Å². The normalized spacial score (nSPS) is 26.7. The topological polar surface area (TPSA) is 42.2 Å². The first kappa shape index (κ1) is 15.9. The Kier molecular flexibility index (Phi) is 4.88. The minimum atomic E-state index is 0.171. The lowest BCUT2D eigenvalue weighted by Crippen LogP contribution is -2.51. The largest absolute Gasteiger partial charge is 0.329 e. The number of nitrogens with two attached hydrogens (primary N) is 1. The van der Waals surface area contributed by atoms with Crippen LogP contribution in [-0.4, -0.2) is 29.0 Å². The van der Waals surface area contributed by atoms with Crippen molar-refractivity contribution in [3.8, 4) is 0 Å². The zero-order valence-electron chi connectivity index (χ0n) is 13.4. The number of hydrogen-bond donors (Lipinski definition) is 1. The molecular formula is C16H29N3S. The second-order valence-corrected chi connectivity index (χ2v) is 8.10. The summed E-state index contributed by atoms with van der Waals surface area (Å²) >= 11 is 1.76. The van der Waals surface area contributed by atoms with Gasteiger partial charge in [0, 0.05) is 23.5 Å². The van der Waals surface area contributed by atoms with E-state index in [0.717, 1.165) is 13.1 Å². The van der Waals surface area contributed by atoms with Crippen LogP contribution >= 0.6 is 11.3 Å². The van der Waals surface area contributed by atoms with Crippen LogP contribution in [0.15, 0.2) is 5.51 Å². The van der Waals surface area contributed by atoms with Crippen LogP contribution in [0, 0.1) is 12.3 Å². The lowest BCUT2D eigenvalue weighted by atomic mass is 9.83. The van der Waals surface area contributed by atoms with Crippen molar-refractivity contribution in [1.29, 1.82) is 0 Å². The van der Waals surface area contributed by atoms with Gasteiger partial charge in [0.05, 0.1) is 11.2 Å². The first-order valence-electron chi connectivity index (χ1n) is 7.69. The standard InChI is InChI=1S/C16H29N3S/c1-13-14(20-12-18-13)10-19(4)16(11-17)7-5-6-15(2,3)8-9-16/h12H,5-11,17H2,1-4H3. The van der Waals surface area contributed by atoms with Gasteiger partial charge in [0.1, 0.15) is 0 Å². The Morgan fingerprint density at radius 3 is 2.65 bits per heavy atom. The smallest absolute Gasteiger partial charge is 0.0798 e. The molecule has 1 aliphatic rings. The van der Waals surface area contributed by atoms with Gasteiger partial charge >= 0.3 is 0 Å². The fourth-order valence-electron chi connectivity index (χ4n) is 3.32. The SMILES string of the molecule is Cc1ncsc1CN(C)C1(CN)CCCC(C)(C)CC1. The van der Waals surface area contributed by atoms with Crippen LogP contribution in [0.2, 0.25) is 0 Å². The molecule has 0 radical (unpaired) electrons. The van der Waals surface area contributed by atoms with Gasteiger partial charge in [-0.25, -0.2) is 4.98 Å². The summed E-state index contributed by atoms with van der Waals surface area (Å²) in [5.74, 6) is 0. The molecule has 2 rings (SSSR count). The quantitative estimate of drug-likeness (QED) is 0.863. The Morgan fingerprint density at radius 1 is 1.30 bits per heavy atom. The third-order valence-corrected chi connectivity index (χ3v) is 6.10. The molecule has 1 aromatic rings. The lowest BCUT2D eigenvalue weighted by molar-refractivity contribution is 0.0969. The van der Waals surface area contributed by atoms with Crippen molar-refractivity contribution in [3.05, 3.63) is 16.1 Å². The van der Waals surface area contributed by atoms with Crippen molar-refractivity contribution in [2.45, 2.75) is 65.0 Å². The minimum absolute atomic E-state index is 0.171. The molecular weight excluding hydrogens is 266 g/mol. The van der Waals surface area contributed by atoms with Crippen LogP contribution in [0.3, 0.4) is 0 Å². The summed E-state index contributed by atoms with van der Waals surface area (Å²) < 4.78 is 0. The molecule has 0 amide bonds. The van der Waals surface area contributed by atoms with Gasteiger partial charge in [-0.05, 0) is 45.1 Å². The van der Waals surface area contributed by atoms with Crippen molar-refractivity contribution in [3.63, 3.8) is 0 Å². The molecule has 0 aliphatic heterocycles. The highest BCUT2D eigenvalue weighted by Crippen LogP contribution is 2.40. The molecule has 2 N–H and O–H groups in total. The number of rotatable bonds is 4. The highest BCUT2D eigenvalue weighted by Gasteiger charge is 2.37. The van der Waals surface area contributed by atoms with Crippen molar-refractivity contribution in [2.75, 3.05) is 13.6 Å². The summed E-state index contributed by atoms with van der Waals surface area (Å²) in [6.07, 6.45) is 6.32. The minimum Gasteiger partial charge on any atom is -0.329 e. The Morgan fingerprint density at radius 2 is 2.05 bits per heavy atom. The zero-order valence-corrected chi connectivity index (χ0v) is 14.2. The van der Waals surface area contributed by atoms with Crippen molar-refractivity contribution >= 4 is 11.3 Å². The van der Waals surface area contributed by atoms with Crippen LogP contribution < -0.4 is 5.73 Å². The molecule has 0 bridgehead atoms. The van der Waals surface area contributed by atoms with E-state index in [4.69, 9.17) is 5.73 Å². The van der Waals surface area contributed by atoms with Crippen molar-refractivity contribution in [2.24, 2.45) is 11.1 Å². The van der Waals surface area contributed by atoms with E-state index in [0.29, 0.717) is 5.41 Å². The van der Waals surface area contributed by atoms with Crippen LogP contribution in [0.1, 0.15) is 56.5 Å². The molecule has 1 atom stereocenters. The fourth-order valence-corrected chi connectivity index (χ4v) is 4.15. The third kappa shape index (κ3) is 3.41. The molecule has 1 saturated carbocycles. The predicted octanol–water partition coefficient (Wildman–Crippen LogP) is 3.57. The molecule has 114 valence electrons. The predicted molar refractivity (Wildman–Crippen MR) is 87.0 cm³/mol. The maximum absolute atomic E-state index is 6.21. The third-order valence-electron chi connectivity index (χ3n) is 5.18. The summed E-state index contributed by atoms with van der Waals surface area (Å²) in [5.41, 5.74) is 9.97. The molecule has 20 heavy (non-hydrogen) atoms. The first-order valence-corrected chi connectivity index (χ1v) is 8.57. The Hall–Kier alpha value is -0.450. The van der Waals surface area contributed by atoms with Gasteiger partial charge in [0.15, 0.2) is 0 Å².